The van der Waals surface area contributed by atoms with Crippen LogP contribution in [0.25, 0.3) is 20.4 Å². The third-order valence-electron chi connectivity index (χ3n) is 6.15. The van der Waals surface area contributed by atoms with Crippen molar-refractivity contribution in [2.75, 3.05) is 53.2 Å². The molecule has 15 heteroatoms. The first-order valence-electron chi connectivity index (χ1n) is 13.0. The number of hydrogen-bond acceptors (Lipinski definition) is 13. The van der Waals surface area contributed by atoms with E-state index in [1.54, 1.807) is 51.1 Å². The molecule has 0 fully saturated rings. The fourth-order valence-corrected chi connectivity index (χ4v) is 15.1. The zero-order chi connectivity index (χ0) is 28.9. The monoisotopic (exact) mass is 688 g/mol. The second kappa shape index (κ2) is 18.3. The summed E-state index contributed by atoms with van der Waals surface area (Å²) in [5.74, 6) is 1.88. The zero-order valence-electron chi connectivity index (χ0n) is 23.6. The molecule has 0 aliphatic rings. The van der Waals surface area contributed by atoms with E-state index in [0.29, 0.717) is 24.3 Å². The van der Waals surface area contributed by atoms with Gasteiger partial charge in [-0.05, 0) is 34.1 Å². The molecule has 2 heterocycles. The van der Waals surface area contributed by atoms with Crippen LogP contribution in [-0.4, -0.2) is 95.2 Å². The smallest absolute Gasteiger partial charge is 0.178 e. The SMILES string of the molecule is COC(CO[SiH2]C(CSSSCC([SiH2]OCC(OC)OC)c1nc2ccccc2s1)c1nc2ccccc2s1)OC. The highest BCUT2D eigenvalue weighted by Crippen LogP contribution is 2.41. The average Bonchev–Trinajstić information content (AvgIpc) is 3.64. The molecule has 2 aromatic carbocycles. The van der Waals surface area contributed by atoms with Crippen molar-refractivity contribution in [2.24, 2.45) is 0 Å². The molecule has 224 valence electrons. The van der Waals surface area contributed by atoms with Gasteiger partial charge in [0.15, 0.2) is 32.1 Å². The van der Waals surface area contributed by atoms with Crippen LogP contribution in [0, 0.1) is 0 Å². The summed E-state index contributed by atoms with van der Waals surface area (Å²) in [5, 5.41) is 2.31. The van der Waals surface area contributed by atoms with Crippen LogP contribution in [0.1, 0.15) is 21.1 Å². The molecule has 8 nitrogen and oxygen atoms in total. The molecule has 0 bridgehead atoms. The van der Waals surface area contributed by atoms with Gasteiger partial charge >= 0.3 is 0 Å². The van der Waals surface area contributed by atoms with Crippen molar-refractivity contribution in [3.05, 3.63) is 58.5 Å². The predicted molar refractivity (Wildman–Crippen MR) is 182 cm³/mol. The molecule has 0 aliphatic heterocycles. The second-order valence-corrected chi connectivity index (χ2v) is 18.8. The fraction of sp³-hybridized carbons (Fsp3) is 0.462. The van der Waals surface area contributed by atoms with Crippen molar-refractivity contribution < 1.29 is 27.8 Å². The van der Waals surface area contributed by atoms with E-state index >= 15 is 0 Å². The third kappa shape index (κ3) is 10.3. The van der Waals surface area contributed by atoms with Crippen molar-refractivity contribution in [2.45, 2.75) is 23.7 Å². The van der Waals surface area contributed by atoms with E-state index in [2.05, 4.69) is 36.4 Å². The van der Waals surface area contributed by atoms with Crippen LogP contribution in [0.3, 0.4) is 0 Å². The minimum absolute atomic E-state index is 0.303. The number of para-hydroxylation sites is 2. The van der Waals surface area contributed by atoms with Crippen LogP contribution in [0.2, 0.25) is 0 Å². The summed E-state index contributed by atoms with van der Waals surface area (Å²) in [6.07, 6.45) is -0.685. The lowest BCUT2D eigenvalue weighted by Crippen LogP contribution is -2.24. The molecule has 2 unspecified atom stereocenters. The fourth-order valence-electron chi connectivity index (χ4n) is 3.84. The minimum atomic E-state index is -0.911. The normalized spacial score (nSPS) is 14.2. The number of benzene rings is 2. The predicted octanol–water partition coefficient (Wildman–Crippen LogP) is 5.16. The van der Waals surface area contributed by atoms with Gasteiger partial charge in [-0.25, -0.2) is 9.97 Å². The van der Waals surface area contributed by atoms with Gasteiger partial charge < -0.3 is 27.8 Å². The molecule has 2 atom stereocenters. The van der Waals surface area contributed by atoms with E-state index in [0.717, 1.165) is 32.6 Å². The van der Waals surface area contributed by atoms with Gasteiger partial charge in [-0.3, -0.25) is 0 Å². The first kappa shape index (κ1) is 33.4. The van der Waals surface area contributed by atoms with Gasteiger partial charge in [-0.15, -0.1) is 22.7 Å². The molecular formula is C26H36N2O6S5Si2. The first-order chi connectivity index (χ1) is 20.1. The molecule has 2 aromatic heterocycles. The van der Waals surface area contributed by atoms with Gasteiger partial charge in [0.25, 0.3) is 0 Å². The van der Waals surface area contributed by atoms with E-state index in [-0.39, 0.29) is 12.6 Å². The lowest BCUT2D eigenvalue weighted by Gasteiger charge is -2.18. The lowest BCUT2D eigenvalue weighted by atomic mass is 10.3. The maximum atomic E-state index is 6.14. The van der Waals surface area contributed by atoms with E-state index in [4.69, 9.17) is 37.8 Å². The van der Waals surface area contributed by atoms with Crippen molar-refractivity contribution >= 4 is 94.0 Å². The van der Waals surface area contributed by atoms with Crippen LogP contribution in [0.15, 0.2) is 48.5 Å². The number of hydrogen-bond donors (Lipinski definition) is 0. The van der Waals surface area contributed by atoms with Gasteiger partial charge in [-0.2, -0.15) is 0 Å². The highest BCUT2D eigenvalue weighted by atomic mass is 33.5. The summed E-state index contributed by atoms with van der Waals surface area (Å²) >= 11 is 3.54. The number of aromatic nitrogens is 2. The zero-order valence-corrected chi connectivity index (χ0v) is 30.5. The van der Waals surface area contributed by atoms with E-state index in [1.807, 2.05) is 43.5 Å². The number of rotatable bonds is 20. The molecule has 41 heavy (non-hydrogen) atoms. The molecule has 0 radical (unpaired) electrons. The Kier molecular flexibility index (Phi) is 14.9. The summed E-state index contributed by atoms with van der Waals surface area (Å²) in [6.45, 7) is 0.878. The van der Waals surface area contributed by atoms with Crippen LogP contribution in [0.5, 0.6) is 0 Å². The highest BCUT2D eigenvalue weighted by Gasteiger charge is 2.22. The van der Waals surface area contributed by atoms with Crippen molar-refractivity contribution in [1.29, 1.82) is 0 Å². The Morgan fingerprint density at radius 2 is 1.07 bits per heavy atom. The molecule has 0 saturated carbocycles. The Hall–Kier alpha value is -0.536. The van der Waals surface area contributed by atoms with Crippen LogP contribution >= 0.6 is 54.1 Å². The summed E-state index contributed by atoms with van der Waals surface area (Å²) in [5.41, 5.74) is 2.71. The van der Waals surface area contributed by atoms with Crippen molar-refractivity contribution in [1.82, 2.24) is 9.97 Å². The quantitative estimate of drug-likeness (QED) is 0.0535. The molecule has 0 spiro atoms. The Bertz CT molecular complexity index is 1150. The van der Waals surface area contributed by atoms with E-state index < -0.39 is 19.5 Å². The minimum Gasteiger partial charge on any atom is -0.418 e. The van der Waals surface area contributed by atoms with Gasteiger partial charge in [-0.1, -0.05) is 45.9 Å². The summed E-state index contributed by atoms with van der Waals surface area (Å²) in [4.78, 5) is 9.89. The molecule has 0 saturated heterocycles. The Balaban J connectivity index is 1.33. The average molecular weight is 689 g/mol. The number of thiazole rings is 2. The van der Waals surface area contributed by atoms with Gasteiger partial charge in [0, 0.05) is 51.0 Å². The second-order valence-electron chi connectivity index (χ2n) is 8.95. The largest absolute Gasteiger partial charge is 0.418 e. The number of fused-ring (bicyclic) bond motifs is 2. The Labute approximate surface area is 265 Å². The summed E-state index contributed by atoms with van der Waals surface area (Å²) in [6, 6.07) is 16.6. The standard InChI is InChI=1S/C26H36N2O6S5Si2/c1-29-23(30-2)13-33-40-21(25-27-17-9-5-7-11-19(17)37-25)15-35-39-36-16-22(41-34-14-24(31-3)32-4)26-28-18-10-6-8-12-20(18)38-26/h5-12,21-24H,13-16,40-41H2,1-4H3. The summed E-state index contributed by atoms with van der Waals surface area (Å²) < 4.78 is 35.9. The topological polar surface area (TPSA) is 81.2 Å². The molecule has 0 N–H and O–H groups in total. The molecule has 0 amide bonds. The summed E-state index contributed by atoms with van der Waals surface area (Å²) in [7, 11) is 10.3. The third-order valence-corrected chi connectivity index (χ3v) is 17.5. The van der Waals surface area contributed by atoms with Gasteiger partial charge in [0.05, 0.1) is 43.7 Å². The van der Waals surface area contributed by atoms with Gasteiger partial charge in [0.1, 0.15) is 0 Å². The van der Waals surface area contributed by atoms with E-state index in [1.165, 1.54) is 9.40 Å². The number of methoxy groups -OCH3 is 4. The van der Waals surface area contributed by atoms with Crippen LogP contribution in [0.4, 0.5) is 0 Å². The molecular weight excluding hydrogens is 653 g/mol. The van der Waals surface area contributed by atoms with Crippen LogP contribution in [-0.2, 0) is 27.8 Å². The maximum Gasteiger partial charge on any atom is 0.178 e. The Morgan fingerprint density at radius 3 is 1.46 bits per heavy atom. The van der Waals surface area contributed by atoms with Crippen LogP contribution < -0.4 is 0 Å². The lowest BCUT2D eigenvalue weighted by molar-refractivity contribution is -0.122. The first-order valence-corrected chi connectivity index (χ1v) is 21.3. The highest BCUT2D eigenvalue weighted by molar-refractivity contribution is 9.09. The maximum absolute atomic E-state index is 6.14. The Morgan fingerprint density at radius 1 is 0.659 bits per heavy atom. The van der Waals surface area contributed by atoms with Gasteiger partial charge in [0.2, 0.25) is 0 Å². The number of ether oxygens (including phenoxy) is 4. The molecule has 4 rings (SSSR count). The number of nitrogens with zero attached hydrogens (tertiary/aromatic N) is 2. The molecule has 0 aliphatic carbocycles. The van der Waals surface area contributed by atoms with Crippen molar-refractivity contribution in [3.63, 3.8) is 0 Å². The molecule has 4 aromatic rings. The van der Waals surface area contributed by atoms with Crippen molar-refractivity contribution in [3.8, 4) is 0 Å². The van der Waals surface area contributed by atoms with E-state index in [9.17, 15) is 0 Å².